The predicted molar refractivity (Wildman–Crippen MR) is 86.8 cm³/mol. The number of nitrogens with one attached hydrogen (secondary N) is 1. The Morgan fingerprint density at radius 3 is 2.70 bits per heavy atom. The first-order valence-corrected chi connectivity index (χ1v) is 10.1. The number of nitrogens with zero attached hydrogens (tertiary/aromatic N) is 2. The van der Waals surface area contributed by atoms with Gasteiger partial charge in [-0.3, -0.25) is 14.2 Å². The molecule has 3 heterocycles. The van der Waals surface area contributed by atoms with Crippen molar-refractivity contribution in [2.24, 2.45) is 17.1 Å². The van der Waals surface area contributed by atoms with E-state index in [1.807, 2.05) is 0 Å². The van der Waals surface area contributed by atoms with Crippen molar-refractivity contribution in [3.63, 3.8) is 0 Å². The van der Waals surface area contributed by atoms with Crippen molar-refractivity contribution >= 4 is 22.3 Å². The van der Waals surface area contributed by atoms with Crippen LogP contribution in [0.3, 0.4) is 0 Å². The number of piperidine rings is 1. The molecule has 13 heteroatoms. The SMILES string of the molecule is NC(CONC(=O)C1CC2(COC2)C2CN1C(=O)N2OS(=O)(=O)O)C1CC1. The molecular weight excluding hydrogens is 384 g/mol. The Kier molecular flexibility index (Phi) is 4.56. The van der Waals surface area contributed by atoms with Crippen LogP contribution in [0.4, 0.5) is 4.79 Å². The van der Waals surface area contributed by atoms with Crippen LogP contribution >= 0.6 is 0 Å². The number of fused-ring (bicyclic) bond motifs is 3. The molecular formula is C14H22N4O8S. The molecule has 27 heavy (non-hydrogen) atoms. The average molecular weight is 406 g/mol. The van der Waals surface area contributed by atoms with Gasteiger partial charge < -0.3 is 15.4 Å². The zero-order valence-corrected chi connectivity index (χ0v) is 15.3. The van der Waals surface area contributed by atoms with Crippen LogP contribution in [0.5, 0.6) is 0 Å². The van der Waals surface area contributed by atoms with Crippen molar-refractivity contribution in [2.75, 3.05) is 26.4 Å². The fraction of sp³-hybridized carbons (Fsp3) is 0.857. The number of carbonyl (C=O) groups excluding carboxylic acids is 2. The molecule has 1 aliphatic carbocycles. The normalized spacial score (nSPS) is 30.4. The van der Waals surface area contributed by atoms with Gasteiger partial charge in [0.2, 0.25) is 0 Å². The fourth-order valence-corrected chi connectivity index (χ4v) is 4.33. The Morgan fingerprint density at radius 1 is 1.44 bits per heavy atom. The Bertz CT molecular complexity index is 737. The van der Waals surface area contributed by atoms with E-state index in [1.165, 1.54) is 4.90 Å². The van der Waals surface area contributed by atoms with Gasteiger partial charge >= 0.3 is 16.4 Å². The molecule has 2 bridgehead atoms. The Morgan fingerprint density at radius 2 is 2.15 bits per heavy atom. The van der Waals surface area contributed by atoms with Gasteiger partial charge in [0.25, 0.3) is 5.91 Å². The zero-order valence-electron chi connectivity index (χ0n) is 14.4. The smallest absolute Gasteiger partial charge is 0.380 e. The topological polar surface area (TPSA) is 161 Å². The first-order chi connectivity index (χ1) is 12.7. The van der Waals surface area contributed by atoms with Gasteiger partial charge in [0, 0.05) is 18.0 Å². The lowest BCUT2D eigenvalue weighted by molar-refractivity contribution is -0.194. The molecule has 4 rings (SSSR count). The summed E-state index contributed by atoms with van der Waals surface area (Å²) in [6.45, 7) is 0.756. The molecule has 0 aromatic heterocycles. The third kappa shape index (κ3) is 3.50. The summed E-state index contributed by atoms with van der Waals surface area (Å²) in [4.78, 5) is 31.5. The van der Waals surface area contributed by atoms with Crippen LogP contribution in [0.1, 0.15) is 19.3 Å². The molecule has 3 atom stereocenters. The van der Waals surface area contributed by atoms with Gasteiger partial charge in [-0.25, -0.2) is 10.3 Å². The van der Waals surface area contributed by atoms with Crippen molar-refractivity contribution in [2.45, 2.75) is 37.4 Å². The minimum atomic E-state index is -4.88. The van der Waals surface area contributed by atoms with Gasteiger partial charge in [0.1, 0.15) is 6.04 Å². The lowest BCUT2D eigenvalue weighted by Crippen LogP contribution is -2.63. The number of nitrogens with two attached hydrogens (primary N) is 1. The minimum Gasteiger partial charge on any atom is -0.380 e. The van der Waals surface area contributed by atoms with Gasteiger partial charge in [-0.1, -0.05) is 0 Å². The highest BCUT2D eigenvalue weighted by atomic mass is 32.3. The summed E-state index contributed by atoms with van der Waals surface area (Å²) >= 11 is 0. The second kappa shape index (κ2) is 6.53. The number of urea groups is 1. The minimum absolute atomic E-state index is 0.0807. The van der Waals surface area contributed by atoms with Crippen LogP contribution in [0.15, 0.2) is 0 Å². The van der Waals surface area contributed by atoms with Crippen molar-refractivity contribution in [1.82, 2.24) is 15.4 Å². The lowest BCUT2D eigenvalue weighted by atomic mass is 9.71. The van der Waals surface area contributed by atoms with Gasteiger partial charge in [-0.15, -0.1) is 4.28 Å². The third-order valence-corrected chi connectivity index (χ3v) is 6.05. The van der Waals surface area contributed by atoms with Crippen LogP contribution < -0.4 is 11.2 Å². The highest BCUT2D eigenvalue weighted by Gasteiger charge is 2.63. The molecule has 4 N–H and O–H groups in total. The van der Waals surface area contributed by atoms with E-state index in [-0.39, 0.29) is 38.8 Å². The number of carbonyl (C=O) groups is 2. The van der Waals surface area contributed by atoms with Gasteiger partial charge in [-0.05, 0) is 25.2 Å². The molecule has 0 radical (unpaired) electrons. The summed E-state index contributed by atoms with van der Waals surface area (Å²) in [6, 6.07) is -2.48. The van der Waals surface area contributed by atoms with Gasteiger partial charge in [0.15, 0.2) is 0 Å². The summed E-state index contributed by atoms with van der Waals surface area (Å²) in [5, 5.41) is 0.620. The first kappa shape index (κ1) is 18.8. The molecule has 3 saturated heterocycles. The van der Waals surface area contributed by atoms with E-state index >= 15 is 0 Å². The number of hydrogen-bond donors (Lipinski definition) is 3. The number of hydroxylamine groups is 3. The molecule has 0 aromatic rings. The third-order valence-electron chi connectivity index (χ3n) is 5.70. The summed E-state index contributed by atoms with van der Waals surface area (Å²) < 4.78 is 40.9. The molecule has 1 saturated carbocycles. The summed E-state index contributed by atoms with van der Waals surface area (Å²) in [6.07, 6.45) is 2.37. The molecule has 1 spiro atoms. The van der Waals surface area contributed by atoms with Crippen LogP contribution in [-0.2, 0) is 29.1 Å². The van der Waals surface area contributed by atoms with E-state index in [9.17, 15) is 18.0 Å². The predicted octanol–water partition coefficient (Wildman–Crippen LogP) is -1.60. The zero-order chi connectivity index (χ0) is 19.4. The highest BCUT2D eigenvalue weighted by molar-refractivity contribution is 7.80. The maximum absolute atomic E-state index is 12.6. The van der Waals surface area contributed by atoms with E-state index in [0.29, 0.717) is 11.0 Å². The van der Waals surface area contributed by atoms with E-state index < -0.39 is 39.8 Å². The molecule has 4 aliphatic rings. The van der Waals surface area contributed by atoms with Crippen molar-refractivity contribution in [3.05, 3.63) is 0 Å². The number of rotatable bonds is 7. The van der Waals surface area contributed by atoms with Crippen molar-refractivity contribution in [3.8, 4) is 0 Å². The van der Waals surface area contributed by atoms with E-state index in [2.05, 4.69) is 9.76 Å². The van der Waals surface area contributed by atoms with Crippen molar-refractivity contribution < 1.29 is 36.4 Å². The second-order valence-corrected chi connectivity index (χ2v) is 8.64. The quantitative estimate of drug-likeness (QED) is 0.334. The molecule has 152 valence electrons. The molecule has 3 aliphatic heterocycles. The van der Waals surface area contributed by atoms with E-state index in [1.54, 1.807) is 0 Å². The molecule has 4 fully saturated rings. The maximum atomic E-state index is 12.6. The summed E-state index contributed by atoms with van der Waals surface area (Å²) in [7, 11) is -4.88. The first-order valence-electron chi connectivity index (χ1n) is 8.72. The van der Waals surface area contributed by atoms with Gasteiger partial charge in [-0.2, -0.15) is 13.5 Å². The Balaban J connectivity index is 1.44. The largest absolute Gasteiger partial charge is 0.418 e. The average Bonchev–Trinajstić information content (AvgIpc) is 3.37. The van der Waals surface area contributed by atoms with Crippen LogP contribution in [0.2, 0.25) is 0 Å². The van der Waals surface area contributed by atoms with E-state index in [0.717, 1.165) is 12.8 Å². The molecule has 3 unspecified atom stereocenters. The van der Waals surface area contributed by atoms with Crippen LogP contribution in [0.25, 0.3) is 0 Å². The monoisotopic (exact) mass is 406 g/mol. The molecule has 12 nitrogen and oxygen atoms in total. The summed E-state index contributed by atoms with van der Waals surface area (Å²) in [5.41, 5.74) is 7.63. The maximum Gasteiger partial charge on any atom is 0.418 e. The molecule has 0 aromatic carbocycles. The molecule has 3 amide bonds. The Hall–Kier alpha value is -1.51. The second-order valence-electron chi connectivity index (χ2n) is 7.63. The fourth-order valence-electron chi connectivity index (χ4n) is 3.96. The standard InChI is InChI=1S/C14H22N4O8S/c15-9(8-1-2-8)5-25-16-12(19)10-3-14(6-24-7-14)11-4-17(10)13(20)18(11)26-27(21,22)23/h8-11H,1-7,15H2,(H,16,19)(H,21,22,23). The van der Waals surface area contributed by atoms with Gasteiger partial charge in [0.05, 0.1) is 25.9 Å². The van der Waals surface area contributed by atoms with Crippen molar-refractivity contribution in [1.29, 1.82) is 0 Å². The number of amides is 3. The summed E-state index contributed by atoms with van der Waals surface area (Å²) in [5.74, 6) is -0.108. The number of hydrogen-bond acceptors (Lipinski definition) is 8. The lowest BCUT2D eigenvalue weighted by Gasteiger charge is -2.50. The van der Waals surface area contributed by atoms with E-state index in [4.69, 9.17) is 19.9 Å². The highest BCUT2D eigenvalue weighted by Crippen LogP contribution is 2.47. The van der Waals surface area contributed by atoms with Crippen LogP contribution in [0, 0.1) is 11.3 Å². The number of ether oxygens (including phenoxy) is 1. The van der Waals surface area contributed by atoms with Crippen LogP contribution in [-0.4, -0.2) is 79.4 Å². The Labute approximate surface area is 155 Å².